The molecule has 0 spiro atoms. The van der Waals surface area contributed by atoms with Crippen molar-refractivity contribution in [2.45, 2.75) is 20.3 Å². The minimum absolute atomic E-state index is 0.0706. The maximum Gasteiger partial charge on any atom is 0.260 e. The molecular formula is C24H27N3O4S. The maximum absolute atomic E-state index is 13.6. The maximum atomic E-state index is 13.6. The molecule has 2 aromatic carbocycles. The summed E-state index contributed by atoms with van der Waals surface area (Å²) in [7, 11) is 0. The third-order valence-corrected chi connectivity index (χ3v) is 7.17. The van der Waals surface area contributed by atoms with Gasteiger partial charge < -0.3 is 14.2 Å². The molecule has 2 aliphatic rings. The molecule has 0 radical (unpaired) electrons. The van der Waals surface area contributed by atoms with Crippen molar-refractivity contribution >= 4 is 32.6 Å². The lowest BCUT2D eigenvalue weighted by atomic mass is 10.1. The molecule has 32 heavy (non-hydrogen) atoms. The van der Waals surface area contributed by atoms with Gasteiger partial charge in [-0.25, -0.2) is 4.98 Å². The number of ether oxygens (including phenoxy) is 3. The Kier molecular flexibility index (Phi) is 5.99. The predicted octanol–water partition coefficient (Wildman–Crippen LogP) is 4.01. The summed E-state index contributed by atoms with van der Waals surface area (Å²) in [6, 6.07) is 9.57. The topological polar surface area (TPSA) is 64.1 Å². The number of hydrogen-bond acceptors (Lipinski definition) is 7. The SMILES string of the molecule is Cc1ccc2sc(N(CCCN3CCOCC3)C(=O)c3ccc4c(c3)OCO4)nc2c1C. The molecule has 1 aromatic heterocycles. The zero-order valence-electron chi connectivity index (χ0n) is 18.4. The minimum atomic E-state index is -0.0706. The number of hydrogen-bond donors (Lipinski definition) is 0. The third kappa shape index (κ3) is 4.18. The fraction of sp³-hybridized carbons (Fsp3) is 0.417. The molecule has 0 saturated carbocycles. The van der Waals surface area contributed by atoms with Gasteiger partial charge in [0.1, 0.15) is 0 Å². The van der Waals surface area contributed by atoms with Crippen LogP contribution in [0, 0.1) is 13.8 Å². The molecule has 0 aliphatic carbocycles. The predicted molar refractivity (Wildman–Crippen MR) is 125 cm³/mol. The molecule has 3 heterocycles. The van der Waals surface area contributed by atoms with Gasteiger partial charge in [0.25, 0.3) is 5.91 Å². The Labute approximate surface area is 191 Å². The quantitative estimate of drug-likeness (QED) is 0.562. The number of anilines is 1. The molecule has 0 atom stereocenters. The molecule has 2 aliphatic heterocycles. The highest BCUT2D eigenvalue weighted by atomic mass is 32.1. The standard InChI is InChI=1S/C24H27N3O4S/c1-16-4-7-21-22(17(16)2)25-24(32-21)27(9-3-8-26-10-12-29-13-11-26)23(28)18-5-6-19-20(14-18)31-15-30-19/h4-7,14H,3,8-13,15H2,1-2H3. The van der Waals surface area contributed by atoms with Crippen LogP contribution in [0.3, 0.4) is 0 Å². The summed E-state index contributed by atoms with van der Waals surface area (Å²) < 4.78 is 17.4. The summed E-state index contributed by atoms with van der Waals surface area (Å²) in [5, 5.41) is 0.735. The Morgan fingerprint density at radius 1 is 1.12 bits per heavy atom. The lowest BCUT2D eigenvalue weighted by Gasteiger charge is -2.27. The van der Waals surface area contributed by atoms with Gasteiger partial charge in [-0.05, 0) is 55.7 Å². The molecule has 0 N–H and O–H groups in total. The van der Waals surface area contributed by atoms with E-state index in [1.54, 1.807) is 29.5 Å². The first-order valence-corrected chi connectivity index (χ1v) is 11.8. The highest BCUT2D eigenvalue weighted by Crippen LogP contribution is 2.35. The fourth-order valence-corrected chi connectivity index (χ4v) is 5.13. The van der Waals surface area contributed by atoms with Crippen LogP contribution in [0.15, 0.2) is 30.3 Å². The molecule has 5 rings (SSSR count). The number of aromatic nitrogens is 1. The Morgan fingerprint density at radius 2 is 1.94 bits per heavy atom. The first-order chi connectivity index (χ1) is 15.6. The van der Waals surface area contributed by atoms with Gasteiger partial charge in [0, 0.05) is 31.7 Å². The largest absolute Gasteiger partial charge is 0.454 e. The molecule has 7 nitrogen and oxygen atoms in total. The molecule has 0 unspecified atom stereocenters. The van der Waals surface area contributed by atoms with Gasteiger partial charge in [0.05, 0.1) is 23.4 Å². The monoisotopic (exact) mass is 453 g/mol. The number of aryl methyl sites for hydroxylation is 2. The second-order valence-corrected chi connectivity index (χ2v) is 9.19. The second-order valence-electron chi connectivity index (χ2n) is 8.18. The number of fused-ring (bicyclic) bond motifs is 2. The van der Waals surface area contributed by atoms with Crippen LogP contribution in [0.2, 0.25) is 0 Å². The van der Waals surface area contributed by atoms with E-state index in [0.717, 1.165) is 60.2 Å². The van der Waals surface area contributed by atoms with Crippen LogP contribution in [-0.2, 0) is 4.74 Å². The number of amides is 1. The first kappa shape index (κ1) is 21.2. The zero-order chi connectivity index (χ0) is 22.1. The Hall–Kier alpha value is -2.68. The van der Waals surface area contributed by atoms with Crippen LogP contribution < -0.4 is 14.4 Å². The molecule has 1 amide bonds. The van der Waals surface area contributed by atoms with E-state index in [9.17, 15) is 4.79 Å². The van der Waals surface area contributed by atoms with Gasteiger partial charge in [0.2, 0.25) is 6.79 Å². The number of nitrogens with zero attached hydrogens (tertiary/aromatic N) is 3. The average Bonchev–Trinajstić information content (AvgIpc) is 3.46. The van der Waals surface area contributed by atoms with Gasteiger partial charge in [-0.2, -0.15) is 0 Å². The number of benzene rings is 2. The summed E-state index contributed by atoms with van der Waals surface area (Å²) in [6.07, 6.45) is 0.865. The van der Waals surface area contributed by atoms with E-state index in [0.29, 0.717) is 23.6 Å². The van der Waals surface area contributed by atoms with Crippen molar-refractivity contribution in [1.29, 1.82) is 0 Å². The van der Waals surface area contributed by atoms with Crippen LogP contribution in [0.5, 0.6) is 11.5 Å². The van der Waals surface area contributed by atoms with Crippen molar-refractivity contribution in [3.8, 4) is 11.5 Å². The Balaban J connectivity index is 1.42. The number of thiazole rings is 1. The minimum Gasteiger partial charge on any atom is -0.454 e. The van der Waals surface area contributed by atoms with Crippen LogP contribution in [0.25, 0.3) is 10.2 Å². The summed E-state index contributed by atoms with van der Waals surface area (Å²) in [5.41, 5.74) is 3.92. The van der Waals surface area contributed by atoms with Gasteiger partial charge in [-0.3, -0.25) is 14.6 Å². The smallest absolute Gasteiger partial charge is 0.260 e. The Morgan fingerprint density at radius 3 is 2.78 bits per heavy atom. The summed E-state index contributed by atoms with van der Waals surface area (Å²) in [5.74, 6) is 1.21. The van der Waals surface area contributed by atoms with Crippen molar-refractivity contribution in [2.75, 3.05) is 51.1 Å². The molecule has 1 fully saturated rings. The Bertz CT molecular complexity index is 1140. The number of morpholine rings is 1. The highest BCUT2D eigenvalue weighted by Gasteiger charge is 2.24. The number of carbonyl (C=O) groups excluding carboxylic acids is 1. The van der Waals surface area contributed by atoms with Crippen LogP contribution >= 0.6 is 11.3 Å². The van der Waals surface area contributed by atoms with E-state index >= 15 is 0 Å². The molecule has 3 aromatic rings. The first-order valence-electron chi connectivity index (χ1n) is 11.0. The highest BCUT2D eigenvalue weighted by molar-refractivity contribution is 7.22. The summed E-state index contributed by atoms with van der Waals surface area (Å²) in [4.78, 5) is 22.7. The summed E-state index contributed by atoms with van der Waals surface area (Å²) >= 11 is 1.57. The molecule has 8 heteroatoms. The van der Waals surface area contributed by atoms with E-state index in [4.69, 9.17) is 19.2 Å². The zero-order valence-corrected chi connectivity index (χ0v) is 19.2. The molecule has 168 valence electrons. The molecule has 0 bridgehead atoms. The lowest BCUT2D eigenvalue weighted by molar-refractivity contribution is 0.0376. The van der Waals surface area contributed by atoms with Gasteiger partial charge in [-0.15, -0.1) is 0 Å². The normalized spacial score (nSPS) is 15.9. The van der Waals surface area contributed by atoms with Crippen molar-refractivity contribution in [1.82, 2.24) is 9.88 Å². The van der Waals surface area contributed by atoms with Gasteiger partial charge >= 0.3 is 0 Å². The third-order valence-electron chi connectivity index (χ3n) is 6.13. The van der Waals surface area contributed by atoms with Crippen molar-refractivity contribution in [2.24, 2.45) is 0 Å². The van der Waals surface area contributed by atoms with E-state index in [-0.39, 0.29) is 12.7 Å². The van der Waals surface area contributed by atoms with Crippen molar-refractivity contribution in [3.63, 3.8) is 0 Å². The van der Waals surface area contributed by atoms with Crippen LogP contribution in [0.4, 0.5) is 5.13 Å². The average molecular weight is 454 g/mol. The molecule has 1 saturated heterocycles. The summed E-state index contributed by atoms with van der Waals surface area (Å²) in [6.45, 7) is 9.32. The second kappa shape index (κ2) is 9.05. The number of rotatable bonds is 6. The lowest BCUT2D eigenvalue weighted by Crippen LogP contribution is -2.39. The number of carbonyl (C=O) groups is 1. The van der Waals surface area contributed by atoms with E-state index in [1.807, 2.05) is 4.90 Å². The molecular weight excluding hydrogens is 426 g/mol. The van der Waals surface area contributed by atoms with E-state index in [2.05, 4.69) is 30.9 Å². The van der Waals surface area contributed by atoms with Gasteiger partial charge in [-0.1, -0.05) is 17.4 Å². The van der Waals surface area contributed by atoms with E-state index < -0.39 is 0 Å². The van der Waals surface area contributed by atoms with Crippen LogP contribution in [0.1, 0.15) is 27.9 Å². The van der Waals surface area contributed by atoms with Crippen molar-refractivity contribution < 1.29 is 19.0 Å². The van der Waals surface area contributed by atoms with Crippen LogP contribution in [-0.4, -0.2) is 62.0 Å². The van der Waals surface area contributed by atoms with E-state index in [1.165, 1.54) is 5.56 Å². The van der Waals surface area contributed by atoms with Gasteiger partial charge in [0.15, 0.2) is 16.6 Å². The van der Waals surface area contributed by atoms with Crippen molar-refractivity contribution in [3.05, 3.63) is 47.0 Å². The fourth-order valence-electron chi connectivity index (χ4n) is 4.08.